The van der Waals surface area contributed by atoms with Crippen molar-refractivity contribution in [3.8, 4) is 0 Å². The maximum atomic E-state index is 13.4. The standard InChI is InChI=1S/C17H18FN3OS/c1-9-11-7-10(18)5-6-12(11)23-15(9)16(22)19-14-8-13(20-21-14)17(2,3)4/h5-8H,1-4H3,(H2,19,20,21,22). The number of anilines is 1. The number of benzene rings is 1. The lowest BCUT2D eigenvalue weighted by atomic mass is 9.92. The number of aromatic amines is 1. The summed E-state index contributed by atoms with van der Waals surface area (Å²) in [6.45, 7) is 8.03. The van der Waals surface area contributed by atoms with Gasteiger partial charge in [-0.3, -0.25) is 9.89 Å². The summed E-state index contributed by atoms with van der Waals surface area (Å²) in [5, 5.41) is 10.7. The molecule has 0 saturated heterocycles. The highest BCUT2D eigenvalue weighted by Crippen LogP contribution is 2.32. The second kappa shape index (κ2) is 5.45. The zero-order valence-corrected chi connectivity index (χ0v) is 14.3. The van der Waals surface area contributed by atoms with Crippen molar-refractivity contribution in [1.82, 2.24) is 10.2 Å². The van der Waals surface area contributed by atoms with E-state index in [-0.39, 0.29) is 17.1 Å². The molecule has 0 unspecified atom stereocenters. The molecule has 0 atom stereocenters. The van der Waals surface area contributed by atoms with E-state index in [9.17, 15) is 9.18 Å². The molecule has 120 valence electrons. The SMILES string of the molecule is Cc1c(C(=O)Nc2cc(C(C)(C)C)[nH]n2)sc2ccc(F)cc12. The maximum absolute atomic E-state index is 13.4. The zero-order chi connectivity index (χ0) is 16.8. The monoisotopic (exact) mass is 331 g/mol. The third kappa shape index (κ3) is 2.99. The first-order chi connectivity index (χ1) is 10.8. The molecule has 1 amide bonds. The minimum Gasteiger partial charge on any atom is -0.304 e. The smallest absolute Gasteiger partial charge is 0.267 e. The summed E-state index contributed by atoms with van der Waals surface area (Å²) in [6.07, 6.45) is 0. The van der Waals surface area contributed by atoms with Gasteiger partial charge in [0.1, 0.15) is 5.82 Å². The molecule has 3 rings (SSSR count). The van der Waals surface area contributed by atoms with Crippen molar-refractivity contribution in [2.75, 3.05) is 5.32 Å². The first kappa shape index (κ1) is 15.7. The Morgan fingerprint density at radius 3 is 2.70 bits per heavy atom. The summed E-state index contributed by atoms with van der Waals surface area (Å²) in [5.41, 5.74) is 1.66. The number of carbonyl (C=O) groups excluding carboxylic acids is 1. The normalized spacial score (nSPS) is 11.9. The third-order valence-corrected chi connectivity index (χ3v) is 5.00. The van der Waals surface area contributed by atoms with E-state index in [2.05, 4.69) is 36.3 Å². The molecule has 3 aromatic rings. The van der Waals surface area contributed by atoms with Crippen LogP contribution in [-0.4, -0.2) is 16.1 Å². The van der Waals surface area contributed by atoms with Crippen molar-refractivity contribution >= 4 is 33.1 Å². The van der Waals surface area contributed by atoms with Crippen molar-refractivity contribution in [2.24, 2.45) is 0 Å². The van der Waals surface area contributed by atoms with Crippen molar-refractivity contribution in [1.29, 1.82) is 0 Å². The fourth-order valence-electron chi connectivity index (χ4n) is 2.35. The number of nitrogens with zero attached hydrogens (tertiary/aromatic N) is 1. The predicted octanol–water partition coefficient (Wildman–Crippen LogP) is 4.62. The molecule has 0 spiro atoms. The summed E-state index contributed by atoms with van der Waals surface area (Å²) >= 11 is 1.36. The van der Waals surface area contributed by atoms with Crippen molar-refractivity contribution in [3.05, 3.63) is 46.2 Å². The van der Waals surface area contributed by atoms with Crippen LogP contribution in [0.2, 0.25) is 0 Å². The van der Waals surface area contributed by atoms with Gasteiger partial charge in [0.15, 0.2) is 5.82 Å². The molecule has 0 fully saturated rings. The van der Waals surface area contributed by atoms with Gasteiger partial charge in [-0.1, -0.05) is 20.8 Å². The van der Waals surface area contributed by atoms with Crippen LogP contribution in [0.3, 0.4) is 0 Å². The minimum absolute atomic E-state index is 0.0684. The van der Waals surface area contributed by atoms with Crippen LogP contribution >= 0.6 is 11.3 Å². The van der Waals surface area contributed by atoms with E-state index in [4.69, 9.17) is 0 Å². The summed E-state index contributed by atoms with van der Waals surface area (Å²) in [4.78, 5) is 13.1. The molecule has 0 aliphatic rings. The van der Waals surface area contributed by atoms with Crippen LogP contribution < -0.4 is 5.32 Å². The van der Waals surface area contributed by atoms with E-state index in [1.165, 1.54) is 23.5 Å². The molecule has 23 heavy (non-hydrogen) atoms. The van der Waals surface area contributed by atoms with Crippen molar-refractivity contribution in [2.45, 2.75) is 33.1 Å². The molecule has 2 aromatic heterocycles. The Kier molecular flexibility index (Phi) is 3.72. The van der Waals surface area contributed by atoms with Crippen LogP contribution in [0.25, 0.3) is 10.1 Å². The number of nitrogens with one attached hydrogen (secondary N) is 2. The van der Waals surface area contributed by atoms with Crippen molar-refractivity contribution < 1.29 is 9.18 Å². The first-order valence-electron chi connectivity index (χ1n) is 7.31. The number of hydrogen-bond donors (Lipinski definition) is 2. The molecule has 6 heteroatoms. The number of carbonyl (C=O) groups is 1. The van der Waals surface area contributed by atoms with Crippen LogP contribution in [0, 0.1) is 12.7 Å². The molecule has 1 aromatic carbocycles. The highest BCUT2D eigenvalue weighted by molar-refractivity contribution is 7.21. The van der Waals surface area contributed by atoms with E-state index < -0.39 is 0 Å². The Morgan fingerprint density at radius 1 is 1.30 bits per heavy atom. The highest BCUT2D eigenvalue weighted by Gasteiger charge is 2.20. The lowest BCUT2D eigenvalue weighted by Crippen LogP contribution is -2.12. The molecule has 0 radical (unpaired) electrons. The summed E-state index contributed by atoms with van der Waals surface area (Å²) in [7, 11) is 0. The molecule has 4 nitrogen and oxygen atoms in total. The van der Waals surface area contributed by atoms with Gasteiger partial charge in [0, 0.05) is 21.9 Å². The molecular weight excluding hydrogens is 313 g/mol. The Labute approximate surface area is 137 Å². The second-order valence-electron chi connectivity index (χ2n) is 6.57. The van der Waals surface area contributed by atoms with Crippen LogP contribution in [0.5, 0.6) is 0 Å². The lowest BCUT2D eigenvalue weighted by molar-refractivity contribution is 0.102. The second-order valence-corrected chi connectivity index (χ2v) is 7.62. The van der Waals surface area contributed by atoms with Gasteiger partial charge in [-0.25, -0.2) is 4.39 Å². The molecule has 0 bridgehead atoms. The number of amides is 1. The molecule has 0 aliphatic heterocycles. The number of aromatic nitrogens is 2. The summed E-state index contributed by atoms with van der Waals surface area (Å²) in [5.74, 6) is -0.0356. The van der Waals surface area contributed by atoms with Gasteiger partial charge in [0.2, 0.25) is 0 Å². The highest BCUT2D eigenvalue weighted by atomic mass is 32.1. The van der Waals surface area contributed by atoms with Gasteiger partial charge in [0.25, 0.3) is 5.91 Å². The molecule has 2 heterocycles. The average molecular weight is 331 g/mol. The van der Waals surface area contributed by atoms with E-state index in [0.29, 0.717) is 10.7 Å². The number of fused-ring (bicyclic) bond motifs is 1. The molecule has 2 N–H and O–H groups in total. The molecule has 0 saturated carbocycles. The van der Waals surface area contributed by atoms with Crippen molar-refractivity contribution in [3.63, 3.8) is 0 Å². The molecule has 0 aliphatic carbocycles. The number of thiophene rings is 1. The summed E-state index contributed by atoms with van der Waals surface area (Å²) < 4.78 is 14.3. The van der Waals surface area contributed by atoms with E-state index in [1.54, 1.807) is 6.07 Å². The topological polar surface area (TPSA) is 57.8 Å². The van der Waals surface area contributed by atoms with Crippen LogP contribution in [0.1, 0.15) is 41.7 Å². The zero-order valence-electron chi connectivity index (χ0n) is 13.5. The number of rotatable bonds is 2. The minimum atomic E-state index is -0.299. The predicted molar refractivity (Wildman–Crippen MR) is 91.8 cm³/mol. The van der Waals surface area contributed by atoms with E-state index in [0.717, 1.165) is 21.3 Å². The van der Waals surface area contributed by atoms with Crippen LogP contribution in [0.15, 0.2) is 24.3 Å². The van der Waals surface area contributed by atoms with Gasteiger partial charge in [-0.15, -0.1) is 11.3 Å². The van der Waals surface area contributed by atoms with E-state index in [1.807, 2.05) is 13.0 Å². The van der Waals surface area contributed by atoms with Crippen LogP contribution in [-0.2, 0) is 5.41 Å². The Hall–Kier alpha value is -2.21. The van der Waals surface area contributed by atoms with Gasteiger partial charge >= 0.3 is 0 Å². The number of aryl methyl sites for hydroxylation is 1. The van der Waals surface area contributed by atoms with Gasteiger partial charge in [0.05, 0.1) is 4.88 Å². The number of hydrogen-bond acceptors (Lipinski definition) is 3. The molecular formula is C17H18FN3OS. The van der Waals surface area contributed by atoms with Gasteiger partial charge < -0.3 is 5.32 Å². The Morgan fingerprint density at radius 2 is 2.04 bits per heavy atom. The fraction of sp³-hybridized carbons (Fsp3) is 0.294. The average Bonchev–Trinajstić information content (AvgIpc) is 3.04. The number of H-pyrrole nitrogens is 1. The fourth-order valence-corrected chi connectivity index (χ4v) is 3.44. The lowest BCUT2D eigenvalue weighted by Gasteiger charge is -2.14. The van der Waals surface area contributed by atoms with Crippen LogP contribution in [0.4, 0.5) is 10.2 Å². The van der Waals surface area contributed by atoms with Gasteiger partial charge in [-0.2, -0.15) is 5.10 Å². The maximum Gasteiger partial charge on any atom is 0.267 e. The Balaban J connectivity index is 1.89. The number of halogens is 1. The quantitative estimate of drug-likeness (QED) is 0.720. The first-order valence-corrected chi connectivity index (χ1v) is 8.13. The van der Waals surface area contributed by atoms with Gasteiger partial charge in [-0.05, 0) is 36.1 Å². The van der Waals surface area contributed by atoms with E-state index >= 15 is 0 Å². The third-order valence-electron chi connectivity index (χ3n) is 3.73. The Bertz CT molecular complexity index is 889. The largest absolute Gasteiger partial charge is 0.304 e. The summed E-state index contributed by atoms with van der Waals surface area (Å²) in [6, 6.07) is 6.40.